The zero-order valence-corrected chi connectivity index (χ0v) is 8.62. The molecular weight excluding hydrogens is 206 g/mol. The van der Waals surface area contributed by atoms with Crippen molar-refractivity contribution in [2.24, 2.45) is 7.05 Å². The first-order chi connectivity index (χ1) is 7.79. The maximum atomic E-state index is 8.79. The number of aryl methyl sites for hydroxylation is 1. The molecule has 0 spiro atoms. The Labute approximate surface area is 91.8 Å². The van der Waals surface area contributed by atoms with Crippen LogP contribution in [0.5, 0.6) is 0 Å². The van der Waals surface area contributed by atoms with Crippen molar-refractivity contribution in [2.45, 2.75) is 6.54 Å². The number of hydrogen-bond acceptors (Lipinski definition) is 6. The molecule has 0 aromatic carbocycles. The van der Waals surface area contributed by atoms with Crippen LogP contribution in [0.25, 0.3) is 0 Å². The van der Waals surface area contributed by atoms with Crippen molar-refractivity contribution in [3.8, 4) is 6.07 Å². The Balaban J connectivity index is 2.08. The minimum atomic E-state index is 0.262. The smallest absolute Gasteiger partial charge is 0.182 e. The lowest BCUT2D eigenvalue weighted by Crippen LogP contribution is -2.06. The molecule has 2 aromatic heterocycles. The third-order valence-corrected chi connectivity index (χ3v) is 1.87. The first-order valence-electron chi connectivity index (χ1n) is 4.59. The highest BCUT2D eigenvalue weighted by molar-refractivity contribution is 5.46. The summed E-state index contributed by atoms with van der Waals surface area (Å²) in [5.74, 6) is 1.08. The van der Waals surface area contributed by atoms with E-state index in [9.17, 15) is 0 Å². The van der Waals surface area contributed by atoms with Crippen LogP contribution in [0.3, 0.4) is 0 Å². The maximum absolute atomic E-state index is 8.79. The summed E-state index contributed by atoms with van der Waals surface area (Å²) in [7, 11) is 1.79. The van der Waals surface area contributed by atoms with Gasteiger partial charge in [-0.2, -0.15) is 10.4 Å². The summed E-state index contributed by atoms with van der Waals surface area (Å²) >= 11 is 0. The summed E-state index contributed by atoms with van der Waals surface area (Å²) in [4.78, 5) is 11.9. The van der Waals surface area contributed by atoms with Gasteiger partial charge < -0.3 is 5.32 Å². The number of nitrogens with one attached hydrogen (secondary N) is 1. The molecule has 0 fully saturated rings. The summed E-state index contributed by atoms with van der Waals surface area (Å²) in [6.45, 7) is 0.411. The van der Waals surface area contributed by atoms with Crippen LogP contribution in [0.1, 0.15) is 11.5 Å². The molecule has 80 valence electrons. The van der Waals surface area contributed by atoms with Crippen molar-refractivity contribution < 1.29 is 0 Å². The molecule has 0 bridgehead atoms. The molecule has 0 amide bonds. The topological polar surface area (TPSA) is 92.3 Å². The Morgan fingerprint density at radius 1 is 1.38 bits per heavy atom. The quantitative estimate of drug-likeness (QED) is 0.779. The third-order valence-electron chi connectivity index (χ3n) is 1.87. The zero-order valence-electron chi connectivity index (χ0n) is 8.62. The summed E-state index contributed by atoms with van der Waals surface area (Å²) in [5, 5.41) is 15.8. The molecule has 0 aliphatic carbocycles. The van der Waals surface area contributed by atoms with Crippen LogP contribution in [0, 0.1) is 11.3 Å². The molecular formula is C9H9N7. The van der Waals surface area contributed by atoms with Crippen LogP contribution >= 0.6 is 0 Å². The lowest BCUT2D eigenvalue weighted by atomic mass is 10.4. The number of nitriles is 1. The van der Waals surface area contributed by atoms with E-state index >= 15 is 0 Å². The van der Waals surface area contributed by atoms with E-state index in [2.05, 4.69) is 25.4 Å². The van der Waals surface area contributed by atoms with Crippen LogP contribution in [-0.2, 0) is 13.6 Å². The number of hydrogen-bond donors (Lipinski definition) is 1. The highest BCUT2D eigenvalue weighted by Crippen LogP contribution is 2.07. The van der Waals surface area contributed by atoms with Crippen molar-refractivity contribution in [3.63, 3.8) is 0 Å². The van der Waals surface area contributed by atoms with Crippen molar-refractivity contribution in [1.82, 2.24) is 24.7 Å². The van der Waals surface area contributed by atoms with Crippen LogP contribution in [0.15, 0.2) is 18.7 Å². The summed E-state index contributed by atoms with van der Waals surface area (Å²) in [5.41, 5.74) is 0.262. The fraction of sp³-hybridized carbons (Fsp3) is 0.222. The van der Waals surface area contributed by atoms with Gasteiger partial charge in [0.25, 0.3) is 0 Å². The zero-order chi connectivity index (χ0) is 11.4. The summed E-state index contributed by atoms with van der Waals surface area (Å²) in [6.07, 6.45) is 4.61. The van der Waals surface area contributed by atoms with Gasteiger partial charge in [0.1, 0.15) is 12.4 Å². The van der Waals surface area contributed by atoms with Crippen molar-refractivity contribution in [2.75, 3.05) is 5.32 Å². The van der Waals surface area contributed by atoms with Gasteiger partial charge in [0.05, 0.1) is 6.54 Å². The third kappa shape index (κ3) is 2.12. The predicted octanol–water partition coefficient (Wildman–Crippen LogP) is 0.0889. The van der Waals surface area contributed by atoms with Gasteiger partial charge in [-0.25, -0.2) is 15.0 Å². The molecule has 2 aromatic rings. The Morgan fingerprint density at radius 2 is 2.19 bits per heavy atom. The molecule has 0 aliphatic rings. The second-order valence-electron chi connectivity index (χ2n) is 3.05. The van der Waals surface area contributed by atoms with Gasteiger partial charge >= 0.3 is 0 Å². The predicted molar refractivity (Wildman–Crippen MR) is 55.1 cm³/mol. The average molecular weight is 215 g/mol. The van der Waals surface area contributed by atoms with Gasteiger partial charge in [-0.05, 0) is 0 Å². The Bertz CT molecular complexity index is 525. The first kappa shape index (κ1) is 10.0. The molecule has 2 heterocycles. The monoisotopic (exact) mass is 215 g/mol. The lowest BCUT2D eigenvalue weighted by molar-refractivity contribution is 0.747. The molecule has 0 saturated heterocycles. The van der Waals surface area contributed by atoms with Gasteiger partial charge in [0.2, 0.25) is 0 Å². The summed E-state index contributed by atoms with van der Waals surface area (Å²) in [6, 6.07) is 1.95. The van der Waals surface area contributed by atoms with Crippen LogP contribution in [-0.4, -0.2) is 24.7 Å². The van der Waals surface area contributed by atoms with E-state index in [-0.39, 0.29) is 5.69 Å². The van der Waals surface area contributed by atoms with Gasteiger partial charge in [-0.1, -0.05) is 0 Å². The fourth-order valence-electron chi connectivity index (χ4n) is 1.18. The van der Waals surface area contributed by atoms with Crippen LogP contribution in [0.2, 0.25) is 0 Å². The molecule has 1 N–H and O–H groups in total. The van der Waals surface area contributed by atoms with E-state index in [0.717, 1.165) is 0 Å². The lowest BCUT2D eigenvalue weighted by Gasteiger charge is -2.02. The van der Waals surface area contributed by atoms with Crippen LogP contribution in [0.4, 0.5) is 5.82 Å². The van der Waals surface area contributed by atoms with Crippen molar-refractivity contribution >= 4 is 5.82 Å². The fourth-order valence-corrected chi connectivity index (χ4v) is 1.18. The molecule has 0 radical (unpaired) electrons. The molecule has 7 heteroatoms. The standard InChI is InChI=1S/C9H9N7/c1-16-6-14-8(15-16)5-13-9-7(4-10)11-2-3-12-9/h2-3,6H,5H2,1H3,(H,12,13). The van der Waals surface area contributed by atoms with E-state index in [1.165, 1.54) is 12.4 Å². The van der Waals surface area contributed by atoms with E-state index in [1.54, 1.807) is 18.1 Å². The molecule has 0 unspecified atom stereocenters. The van der Waals surface area contributed by atoms with Gasteiger partial charge in [0, 0.05) is 19.4 Å². The van der Waals surface area contributed by atoms with E-state index in [1.807, 2.05) is 6.07 Å². The minimum Gasteiger partial charge on any atom is -0.360 e. The van der Waals surface area contributed by atoms with Crippen LogP contribution < -0.4 is 5.32 Å². The largest absolute Gasteiger partial charge is 0.360 e. The molecule has 7 nitrogen and oxygen atoms in total. The maximum Gasteiger partial charge on any atom is 0.182 e. The highest BCUT2D eigenvalue weighted by atomic mass is 15.3. The Hall–Kier alpha value is -2.49. The van der Waals surface area contributed by atoms with Gasteiger partial charge in [-0.15, -0.1) is 0 Å². The molecule has 0 atom stereocenters. The highest BCUT2D eigenvalue weighted by Gasteiger charge is 2.04. The number of aromatic nitrogens is 5. The van der Waals surface area contributed by atoms with Crippen molar-refractivity contribution in [3.05, 3.63) is 30.2 Å². The second kappa shape index (κ2) is 4.35. The van der Waals surface area contributed by atoms with E-state index in [4.69, 9.17) is 5.26 Å². The van der Waals surface area contributed by atoms with E-state index < -0.39 is 0 Å². The molecule has 16 heavy (non-hydrogen) atoms. The van der Waals surface area contributed by atoms with Gasteiger partial charge in [0.15, 0.2) is 17.3 Å². The SMILES string of the molecule is Cn1cnc(CNc2nccnc2C#N)n1. The first-order valence-corrected chi connectivity index (χ1v) is 4.59. The number of nitrogens with zero attached hydrogens (tertiary/aromatic N) is 6. The Morgan fingerprint density at radius 3 is 2.88 bits per heavy atom. The minimum absolute atomic E-state index is 0.262. The second-order valence-corrected chi connectivity index (χ2v) is 3.05. The molecule has 2 rings (SSSR count). The van der Waals surface area contributed by atoms with Crippen molar-refractivity contribution in [1.29, 1.82) is 5.26 Å². The normalized spacial score (nSPS) is 9.75. The number of anilines is 1. The summed E-state index contributed by atoms with van der Waals surface area (Å²) < 4.78 is 1.61. The molecule has 0 aliphatic heterocycles. The van der Waals surface area contributed by atoms with E-state index in [0.29, 0.717) is 18.2 Å². The number of rotatable bonds is 3. The average Bonchev–Trinajstić information content (AvgIpc) is 2.73. The molecule has 0 saturated carbocycles. The Kier molecular flexibility index (Phi) is 2.73. The van der Waals surface area contributed by atoms with Gasteiger partial charge in [-0.3, -0.25) is 4.68 Å².